The van der Waals surface area contributed by atoms with E-state index < -0.39 is 12.4 Å². The SMILES string of the molecule is CC(C)C(=O)OCC(=O)C1CCC2C3CCC4=CC(=O)C=CC4(C)C3C(O)CC12C.OC(O)C1CCCCC1. The summed E-state index contributed by atoms with van der Waals surface area (Å²) in [7, 11) is 0. The average Bonchev–Trinajstić information content (AvgIpc) is 3.24. The topological polar surface area (TPSA) is 121 Å². The maximum atomic E-state index is 13.0. The molecular formula is C32H48O7. The molecule has 0 amide bonds. The van der Waals surface area contributed by atoms with Crippen molar-refractivity contribution in [3.8, 4) is 0 Å². The van der Waals surface area contributed by atoms with E-state index in [1.54, 1.807) is 26.0 Å². The molecule has 7 unspecified atom stereocenters. The lowest BCUT2D eigenvalue weighted by atomic mass is 9.46. The van der Waals surface area contributed by atoms with Crippen LogP contribution >= 0.6 is 0 Å². The van der Waals surface area contributed by atoms with Crippen molar-refractivity contribution in [3.63, 3.8) is 0 Å². The zero-order valence-corrected chi connectivity index (χ0v) is 24.1. The molecule has 4 saturated carbocycles. The molecule has 0 heterocycles. The fourth-order valence-corrected chi connectivity index (χ4v) is 8.70. The van der Waals surface area contributed by atoms with Gasteiger partial charge in [-0.2, -0.15) is 0 Å². The molecule has 0 aromatic carbocycles. The average molecular weight is 545 g/mol. The van der Waals surface area contributed by atoms with Crippen molar-refractivity contribution < 1.29 is 34.4 Å². The molecule has 7 heteroatoms. The number of carbonyl (C=O) groups excluding carboxylic acids is 3. The zero-order valence-electron chi connectivity index (χ0n) is 24.1. The van der Waals surface area contributed by atoms with Crippen molar-refractivity contribution in [2.24, 2.45) is 46.3 Å². The van der Waals surface area contributed by atoms with Crippen molar-refractivity contribution in [3.05, 3.63) is 23.8 Å². The Morgan fingerprint density at radius 3 is 2.36 bits per heavy atom. The fraction of sp³-hybridized carbons (Fsp3) is 0.781. The minimum atomic E-state index is -1.06. The van der Waals surface area contributed by atoms with Crippen LogP contribution in [0.5, 0.6) is 0 Å². The standard InChI is InChI=1S/C25H34O5.C7H14O2/c1-14(2)23(29)30-13-21(28)19-8-7-18-17-6-5-15-11-16(26)9-10-24(15,3)22(17)20(27)12-25(18,19)4;8-7(9)6-4-2-1-3-5-6/h9-11,14,17-20,22,27H,5-8,12-13H2,1-4H3;6-9H,1-5H2. The Labute approximate surface area is 233 Å². The van der Waals surface area contributed by atoms with Gasteiger partial charge in [0.15, 0.2) is 17.9 Å². The number of Topliss-reactive ketones (excluding diaryl/α,β-unsaturated/α-hetero) is 1. The first-order valence-corrected chi connectivity index (χ1v) is 15.1. The summed E-state index contributed by atoms with van der Waals surface area (Å²) in [5, 5.41) is 28.8. The number of carbonyl (C=O) groups is 3. The maximum Gasteiger partial charge on any atom is 0.308 e. The van der Waals surface area contributed by atoms with Gasteiger partial charge in [-0.3, -0.25) is 14.4 Å². The van der Waals surface area contributed by atoms with Gasteiger partial charge in [-0.1, -0.05) is 58.6 Å². The molecule has 7 atom stereocenters. The minimum absolute atomic E-state index is 0.00888. The molecule has 4 fully saturated rings. The van der Waals surface area contributed by atoms with Gasteiger partial charge in [0.05, 0.1) is 12.0 Å². The Balaban J connectivity index is 0.000000333. The zero-order chi connectivity index (χ0) is 28.5. The number of esters is 1. The molecule has 0 spiro atoms. The highest BCUT2D eigenvalue weighted by molar-refractivity contribution is 6.01. The number of aliphatic hydroxyl groups is 3. The first-order valence-electron chi connectivity index (χ1n) is 15.1. The Morgan fingerprint density at radius 2 is 1.74 bits per heavy atom. The van der Waals surface area contributed by atoms with E-state index in [2.05, 4.69) is 13.8 Å². The lowest BCUT2D eigenvalue weighted by Gasteiger charge is -2.58. The van der Waals surface area contributed by atoms with Crippen LogP contribution in [0.3, 0.4) is 0 Å². The molecule has 0 bridgehead atoms. The molecule has 3 N–H and O–H groups in total. The smallest absolute Gasteiger partial charge is 0.308 e. The third-order valence-electron chi connectivity index (χ3n) is 10.8. The molecule has 39 heavy (non-hydrogen) atoms. The number of hydrogen-bond acceptors (Lipinski definition) is 7. The molecule has 0 saturated heterocycles. The number of fused-ring (bicyclic) bond motifs is 5. The molecule has 5 aliphatic rings. The lowest BCUT2D eigenvalue weighted by Crippen LogP contribution is -2.56. The summed E-state index contributed by atoms with van der Waals surface area (Å²) in [6, 6.07) is 0. The second-order valence-electron chi connectivity index (χ2n) is 13.5. The van der Waals surface area contributed by atoms with Gasteiger partial charge in [0, 0.05) is 23.2 Å². The summed E-state index contributed by atoms with van der Waals surface area (Å²) in [5.74, 6) is 0.203. The van der Waals surface area contributed by atoms with Crippen molar-refractivity contribution in [1.29, 1.82) is 0 Å². The molecule has 5 rings (SSSR count). The first kappa shape index (κ1) is 30.1. The molecule has 0 aromatic heterocycles. The normalized spacial score (nSPS) is 37.8. The number of ketones is 2. The predicted molar refractivity (Wildman–Crippen MR) is 147 cm³/mol. The Hall–Kier alpha value is -1.83. The number of hydrogen-bond donors (Lipinski definition) is 3. The van der Waals surface area contributed by atoms with Crippen LogP contribution < -0.4 is 0 Å². The van der Waals surface area contributed by atoms with Crippen molar-refractivity contribution in [1.82, 2.24) is 0 Å². The summed E-state index contributed by atoms with van der Waals surface area (Å²) >= 11 is 0. The molecule has 5 aliphatic carbocycles. The quantitative estimate of drug-likeness (QED) is 0.344. The predicted octanol–water partition coefficient (Wildman–Crippen LogP) is 4.53. The van der Waals surface area contributed by atoms with E-state index in [0.717, 1.165) is 44.1 Å². The van der Waals surface area contributed by atoms with Crippen LogP contribution in [-0.2, 0) is 19.1 Å². The second-order valence-corrected chi connectivity index (χ2v) is 13.5. The van der Waals surface area contributed by atoms with E-state index in [-0.39, 0.29) is 58.6 Å². The van der Waals surface area contributed by atoms with Crippen LogP contribution in [0.2, 0.25) is 0 Å². The van der Waals surface area contributed by atoms with E-state index in [4.69, 9.17) is 14.9 Å². The molecule has 0 aromatic rings. The summed E-state index contributed by atoms with van der Waals surface area (Å²) in [4.78, 5) is 36.7. The summed E-state index contributed by atoms with van der Waals surface area (Å²) in [6.45, 7) is 7.68. The van der Waals surface area contributed by atoms with Crippen molar-refractivity contribution in [2.45, 2.75) is 104 Å². The van der Waals surface area contributed by atoms with Crippen LogP contribution in [-0.4, -0.2) is 51.9 Å². The number of rotatable bonds is 5. The third kappa shape index (κ3) is 5.96. The number of allylic oxidation sites excluding steroid dienone is 4. The van der Waals surface area contributed by atoms with Crippen molar-refractivity contribution >= 4 is 17.5 Å². The van der Waals surface area contributed by atoms with Gasteiger partial charge in [-0.25, -0.2) is 0 Å². The summed E-state index contributed by atoms with van der Waals surface area (Å²) < 4.78 is 5.23. The first-order chi connectivity index (χ1) is 18.4. The van der Waals surface area contributed by atoms with Crippen LogP contribution in [0.25, 0.3) is 0 Å². The number of ether oxygens (including phenoxy) is 1. The van der Waals surface area contributed by atoms with Crippen LogP contribution in [0.15, 0.2) is 23.8 Å². The van der Waals surface area contributed by atoms with Gasteiger partial charge in [0.2, 0.25) is 0 Å². The monoisotopic (exact) mass is 544 g/mol. The van der Waals surface area contributed by atoms with E-state index in [9.17, 15) is 19.5 Å². The van der Waals surface area contributed by atoms with E-state index >= 15 is 0 Å². The highest BCUT2D eigenvalue weighted by Crippen LogP contribution is 2.66. The van der Waals surface area contributed by atoms with Crippen molar-refractivity contribution in [2.75, 3.05) is 6.61 Å². The Bertz CT molecular complexity index is 990. The van der Waals surface area contributed by atoms with E-state index in [1.807, 2.05) is 6.08 Å². The van der Waals surface area contributed by atoms with Gasteiger partial charge in [0.1, 0.15) is 6.61 Å². The van der Waals surface area contributed by atoms with Gasteiger partial charge < -0.3 is 20.1 Å². The Morgan fingerprint density at radius 1 is 1.05 bits per heavy atom. The van der Waals surface area contributed by atoms with Crippen LogP contribution in [0, 0.1) is 46.3 Å². The van der Waals surface area contributed by atoms with E-state index in [0.29, 0.717) is 18.3 Å². The largest absolute Gasteiger partial charge is 0.457 e. The van der Waals surface area contributed by atoms with E-state index in [1.165, 1.54) is 19.3 Å². The maximum absolute atomic E-state index is 13.0. The van der Waals surface area contributed by atoms with Gasteiger partial charge in [-0.15, -0.1) is 0 Å². The van der Waals surface area contributed by atoms with Crippen LogP contribution in [0.1, 0.15) is 91.9 Å². The van der Waals surface area contributed by atoms with Gasteiger partial charge in [-0.05, 0) is 74.3 Å². The second kappa shape index (κ2) is 12.0. The minimum Gasteiger partial charge on any atom is -0.457 e. The molecule has 0 aliphatic heterocycles. The fourth-order valence-electron chi connectivity index (χ4n) is 8.70. The summed E-state index contributed by atoms with van der Waals surface area (Å²) in [6.07, 6.45) is 13.6. The van der Waals surface area contributed by atoms with Gasteiger partial charge >= 0.3 is 5.97 Å². The number of aliphatic hydroxyl groups excluding tert-OH is 2. The Kier molecular flexibility index (Phi) is 9.24. The summed E-state index contributed by atoms with van der Waals surface area (Å²) in [5.41, 5.74) is 0.588. The molecule has 0 radical (unpaired) electrons. The third-order valence-corrected chi connectivity index (χ3v) is 10.8. The molecule has 7 nitrogen and oxygen atoms in total. The lowest BCUT2D eigenvalue weighted by molar-refractivity contribution is -0.155. The van der Waals surface area contributed by atoms with Gasteiger partial charge in [0.25, 0.3) is 0 Å². The molecule has 218 valence electrons. The highest BCUT2D eigenvalue weighted by Gasteiger charge is 2.62. The highest BCUT2D eigenvalue weighted by atomic mass is 16.5. The molecular weight excluding hydrogens is 496 g/mol. The van der Waals surface area contributed by atoms with Crippen LogP contribution in [0.4, 0.5) is 0 Å².